The van der Waals surface area contributed by atoms with Crippen LogP contribution in [-0.2, 0) is 16.1 Å². The Kier molecular flexibility index (Phi) is 9.23. The highest BCUT2D eigenvalue weighted by Crippen LogP contribution is 2.11. The van der Waals surface area contributed by atoms with E-state index in [4.69, 9.17) is 4.74 Å². The molecule has 1 unspecified atom stereocenters. The molecule has 1 heterocycles. The van der Waals surface area contributed by atoms with E-state index in [1.165, 1.54) is 0 Å². The van der Waals surface area contributed by atoms with Crippen LogP contribution in [0.4, 0.5) is 5.69 Å². The van der Waals surface area contributed by atoms with Crippen molar-refractivity contribution in [2.75, 3.05) is 45.2 Å². The fourth-order valence-electron chi connectivity index (χ4n) is 2.83. The number of guanidine groups is 1. The summed E-state index contributed by atoms with van der Waals surface area (Å²) >= 11 is 0. The predicted octanol–water partition coefficient (Wildman–Crippen LogP) is 2.06. The molecule has 1 aromatic rings. The summed E-state index contributed by atoms with van der Waals surface area (Å²) in [6.45, 7) is 11.2. The number of amides is 1. The Labute approximate surface area is 168 Å². The van der Waals surface area contributed by atoms with Crippen molar-refractivity contribution < 1.29 is 9.53 Å². The number of benzene rings is 1. The highest BCUT2D eigenvalue weighted by Gasteiger charge is 2.12. The van der Waals surface area contributed by atoms with E-state index in [1.807, 2.05) is 24.3 Å². The molecule has 0 bridgehead atoms. The minimum atomic E-state index is 0.0415. The summed E-state index contributed by atoms with van der Waals surface area (Å²) in [5.74, 6) is 1.34. The van der Waals surface area contributed by atoms with E-state index < -0.39 is 0 Å². The maximum Gasteiger partial charge on any atom is 0.225 e. The second-order valence-electron chi connectivity index (χ2n) is 7.56. The molecule has 28 heavy (non-hydrogen) atoms. The first-order valence-electron chi connectivity index (χ1n) is 10.1. The lowest BCUT2D eigenvalue weighted by atomic mass is 10.1. The van der Waals surface area contributed by atoms with E-state index in [0.717, 1.165) is 50.1 Å². The molecule has 156 valence electrons. The molecule has 1 aromatic carbocycles. The van der Waals surface area contributed by atoms with E-state index in [-0.39, 0.29) is 5.91 Å². The van der Waals surface area contributed by atoms with Gasteiger partial charge in [-0.25, -0.2) is 0 Å². The Hall–Kier alpha value is -2.12. The molecule has 1 aliphatic heterocycles. The maximum absolute atomic E-state index is 12.3. The van der Waals surface area contributed by atoms with Crippen molar-refractivity contribution >= 4 is 17.6 Å². The number of anilines is 1. The summed E-state index contributed by atoms with van der Waals surface area (Å²) in [4.78, 5) is 18.8. The molecule has 1 atom stereocenters. The molecule has 1 amide bonds. The number of carbonyl (C=O) groups excluding carboxylic acids is 1. The van der Waals surface area contributed by atoms with Gasteiger partial charge in [-0.05, 0) is 30.5 Å². The van der Waals surface area contributed by atoms with Gasteiger partial charge in [-0.1, -0.05) is 26.0 Å². The molecular formula is C21H35N5O2. The second-order valence-corrected chi connectivity index (χ2v) is 7.56. The van der Waals surface area contributed by atoms with Gasteiger partial charge in [-0.2, -0.15) is 0 Å². The molecule has 0 aromatic heterocycles. The standard InChI is InChI=1S/C21H35N5O2/c1-16(2)17(3)24-21(22-4)23-15-18-6-5-7-19(14-18)25-20(27)8-9-26-10-12-28-13-11-26/h5-7,14,16-17H,8-13,15H2,1-4H3,(H,25,27)(H2,22,23,24). The third-order valence-corrected chi connectivity index (χ3v) is 5.02. The van der Waals surface area contributed by atoms with Crippen LogP contribution >= 0.6 is 0 Å². The Morgan fingerprint density at radius 3 is 2.68 bits per heavy atom. The number of morpholine rings is 1. The average molecular weight is 390 g/mol. The second kappa shape index (κ2) is 11.7. The van der Waals surface area contributed by atoms with Crippen molar-refractivity contribution in [3.8, 4) is 0 Å². The number of carbonyl (C=O) groups is 1. The number of hydrogen-bond acceptors (Lipinski definition) is 4. The van der Waals surface area contributed by atoms with Crippen LogP contribution in [0.2, 0.25) is 0 Å². The predicted molar refractivity (Wildman–Crippen MR) is 115 cm³/mol. The highest BCUT2D eigenvalue weighted by molar-refractivity contribution is 5.90. The first-order chi connectivity index (χ1) is 13.5. The topological polar surface area (TPSA) is 78.0 Å². The van der Waals surface area contributed by atoms with Crippen LogP contribution < -0.4 is 16.0 Å². The van der Waals surface area contributed by atoms with Crippen molar-refractivity contribution in [3.63, 3.8) is 0 Å². The quantitative estimate of drug-likeness (QED) is 0.469. The van der Waals surface area contributed by atoms with Crippen molar-refractivity contribution in [1.82, 2.24) is 15.5 Å². The van der Waals surface area contributed by atoms with Gasteiger partial charge in [0.15, 0.2) is 5.96 Å². The Balaban J connectivity index is 1.79. The summed E-state index contributed by atoms with van der Waals surface area (Å²) in [6, 6.07) is 8.25. The van der Waals surface area contributed by atoms with Crippen molar-refractivity contribution in [2.24, 2.45) is 10.9 Å². The normalized spacial score (nSPS) is 16.7. The lowest BCUT2D eigenvalue weighted by Crippen LogP contribution is -2.43. The van der Waals surface area contributed by atoms with Crippen LogP contribution in [0.15, 0.2) is 29.3 Å². The van der Waals surface area contributed by atoms with Crippen LogP contribution in [0.5, 0.6) is 0 Å². The lowest BCUT2D eigenvalue weighted by Gasteiger charge is -2.26. The smallest absolute Gasteiger partial charge is 0.225 e. The summed E-state index contributed by atoms with van der Waals surface area (Å²) in [6.07, 6.45) is 0.492. The third kappa shape index (κ3) is 7.86. The number of nitrogens with one attached hydrogen (secondary N) is 3. The van der Waals surface area contributed by atoms with Gasteiger partial charge >= 0.3 is 0 Å². The molecule has 7 heteroatoms. The van der Waals surface area contributed by atoms with Crippen molar-refractivity contribution in [3.05, 3.63) is 29.8 Å². The lowest BCUT2D eigenvalue weighted by molar-refractivity contribution is -0.116. The molecule has 1 fully saturated rings. The number of rotatable bonds is 8. The molecule has 3 N–H and O–H groups in total. The minimum absolute atomic E-state index is 0.0415. The first-order valence-corrected chi connectivity index (χ1v) is 10.1. The van der Waals surface area contributed by atoms with Crippen LogP contribution in [-0.4, -0.2) is 62.7 Å². The zero-order valence-corrected chi connectivity index (χ0v) is 17.6. The third-order valence-electron chi connectivity index (χ3n) is 5.02. The maximum atomic E-state index is 12.3. The number of hydrogen-bond donors (Lipinski definition) is 3. The average Bonchev–Trinajstić information content (AvgIpc) is 2.70. The van der Waals surface area contributed by atoms with Crippen LogP contribution in [0.25, 0.3) is 0 Å². The van der Waals surface area contributed by atoms with E-state index in [1.54, 1.807) is 7.05 Å². The van der Waals surface area contributed by atoms with E-state index in [0.29, 0.717) is 24.9 Å². The molecule has 0 spiro atoms. The van der Waals surface area contributed by atoms with Crippen LogP contribution in [0.3, 0.4) is 0 Å². The van der Waals surface area contributed by atoms with Gasteiger partial charge in [-0.15, -0.1) is 0 Å². The Morgan fingerprint density at radius 1 is 1.25 bits per heavy atom. The molecule has 0 saturated carbocycles. The molecule has 1 saturated heterocycles. The summed E-state index contributed by atoms with van der Waals surface area (Å²) in [7, 11) is 1.77. The molecule has 1 aliphatic rings. The molecule has 7 nitrogen and oxygen atoms in total. The fourth-order valence-corrected chi connectivity index (χ4v) is 2.83. The summed E-state index contributed by atoms with van der Waals surface area (Å²) < 4.78 is 5.33. The highest BCUT2D eigenvalue weighted by atomic mass is 16.5. The van der Waals surface area contributed by atoms with Gasteiger partial charge in [0.05, 0.1) is 13.2 Å². The monoisotopic (exact) mass is 389 g/mol. The first kappa shape index (κ1) is 22.2. The zero-order valence-electron chi connectivity index (χ0n) is 17.6. The number of nitrogens with zero attached hydrogens (tertiary/aromatic N) is 2. The molecule has 0 aliphatic carbocycles. The number of aliphatic imine (C=N–C) groups is 1. The summed E-state index contributed by atoms with van der Waals surface area (Å²) in [5.41, 5.74) is 1.91. The summed E-state index contributed by atoms with van der Waals surface area (Å²) in [5, 5.41) is 9.71. The Bertz CT molecular complexity index is 641. The van der Waals surface area contributed by atoms with Gasteiger partial charge in [0, 0.05) is 51.4 Å². The molecular weight excluding hydrogens is 354 g/mol. The van der Waals surface area contributed by atoms with Gasteiger partial charge in [0.25, 0.3) is 0 Å². The van der Waals surface area contributed by atoms with Crippen LogP contribution in [0, 0.1) is 5.92 Å². The number of ether oxygens (including phenoxy) is 1. The Morgan fingerprint density at radius 2 is 2.00 bits per heavy atom. The van der Waals surface area contributed by atoms with E-state index >= 15 is 0 Å². The van der Waals surface area contributed by atoms with Gasteiger partial charge in [0.2, 0.25) is 5.91 Å². The largest absolute Gasteiger partial charge is 0.379 e. The molecule has 0 radical (unpaired) electrons. The van der Waals surface area contributed by atoms with E-state index in [2.05, 4.69) is 46.6 Å². The zero-order chi connectivity index (χ0) is 20.4. The fraction of sp³-hybridized carbons (Fsp3) is 0.619. The van der Waals surface area contributed by atoms with E-state index in [9.17, 15) is 4.79 Å². The van der Waals surface area contributed by atoms with Crippen molar-refractivity contribution in [1.29, 1.82) is 0 Å². The van der Waals surface area contributed by atoms with Gasteiger partial charge in [-0.3, -0.25) is 14.7 Å². The SMILES string of the molecule is CN=C(NCc1cccc(NC(=O)CCN2CCOCC2)c1)NC(C)C(C)C. The minimum Gasteiger partial charge on any atom is -0.379 e. The van der Waals surface area contributed by atoms with Gasteiger partial charge < -0.3 is 20.7 Å². The van der Waals surface area contributed by atoms with Crippen LogP contribution in [0.1, 0.15) is 32.8 Å². The van der Waals surface area contributed by atoms with Crippen molar-refractivity contribution in [2.45, 2.75) is 39.8 Å². The van der Waals surface area contributed by atoms with Gasteiger partial charge in [0.1, 0.15) is 0 Å². The molecule has 2 rings (SSSR count).